The standard InChI is InChI=1S/C40H51N7O7/c1-47-19-15-40(16-20-47,39-43-37(45-46-39)29-12-17-41-18-13-29)44-31-9-6-8-30(26-31)38(49)42-34-14-25-54-35-11-10-32(27-33(34)35)53-24-5-3-4-21-51-22-7-23-52-28-36(48)50-2/h6,8-13,17-18,26-27,34,44H,3-5,7,14-16,19-25,28H2,1-2H3,(H,42,49)(H,43,45,46). The fraction of sp³-hybridized carbons (Fsp3) is 0.475. The molecule has 6 rings (SSSR count). The first-order valence-electron chi connectivity index (χ1n) is 18.8. The Morgan fingerprint density at radius 3 is 2.59 bits per heavy atom. The lowest BCUT2D eigenvalue weighted by atomic mass is 9.86. The van der Waals surface area contributed by atoms with E-state index in [-0.39, 0.29) is 24.5 Å². The molecule has 54 heavy (non-hydrogen) atoms. The number of aromatic nitrogens is 4. The first kappa shape index (κ1) is 38.7. The van der Waals surface area contributed by atoms with Crippen molar-refractivity contribution in [2.75, 3.05) is 72.2 Å². The molecule has 3 N–H and O–H groups in total. The van der Waals surface area contributed by atoms with Gasteiger partial charge in [0, 0.05) is 74.1 Å². The number of unbranched alkanes of at least 4 members (excludes halogenated alkanes) is 2. The van der Waals surface area contributed by atoms with Gasteiger partial charge >= 0.3 is 5.97 Å². The summed E-state index contributed by atoms with van der Waals surface area (Å²) in [6.07, 6.45) is 9.29. The van der Waals surface area contributed by atoms with Gasteiger partial charge in [-0.3, -0.25) is 14.9 Å². The minimum absolute atomic E-state index is 0.0305. The highest BCUT2D eigenvalue weighted by Gasteiger charge is 2.39. The first-order chi connectivity index (χ1) is 26.4. The topological polar surface area (TPSA) is 162 Å². The number of nitrogens with zero attached hydrogens (tertiary/aromatic N) is 4. The summed E-state index contributed by atoms with van der Waals surface area (Å²) < 4.78 is 27.4. The van der Waals surface area contributed by atoms with Gasteiger partial charge in [-0.05, 0) is 94.1 Å². The summed E-state index contributed by atoms with van der Waals surface area (Å²) in [5, 5.41) is 14.8. The van der Waals surface area contributed by atoms with Crippen LogP contribution in [0.1, 0.15) is 72.7 Å². The molecule has 0 aliphatic carbocycles. The zero-order chi connectivity index (χ0) is 37.6. The van der Waals surface area contributed by atoms with E-state index in [0.29, 0.717) is 50.8 Å². The molecule has 14 heteroatoms. The van der Waals surface area contributed by atoms with Crippen molar-refractivity contribution in [3.8, 4) is 22.9 Å². The van der Waals surface area contributed by atoms with E-state index in [1.165, 1.54) is 7.11 Å². The SMILES string of the molecule is COC(=O)COCCCOCCCCCOc1ccc2c(c1)C(NC(=O)c1cccc(NC3(c4nc(-c5ccncc5)n[nH]4)CCN(C)CC3)c1)CCO2. The molecule has 2 aromatic carbocycles. The fourth-order valence-electron chi connectivity index (χ4n) is 6.65. The average molecular weight is 742 g/mol. The summed E-state index contributed by atoms with van der Waals surface area (Å²) in [5.41, 5.74) is 2.73. The van der Waals surface area contributed by atoms with Gasteiger partial charge in [0.05, 0.1) is 31.9 Å². The van der Waals surface area contributed by atoms with Crippen LogP contribution in [0.4, 0.5) is 5.69 Å². The van der Waals surface area contributed by atoms with E-state index in [0.717, 1.165) is 85.8 Å². The second kappa shape index (κ2) is 19.3. The van der Waals surface area contributed by atoms with Crippen molar-refractivity contribution in [3.05, 3.63) is 83.9 Å². The summed E-state index contributed by atoms with van der Waals surface area (Å²) in [4.78, 5) is 36.1. The van der Waals surface area contributed by atoms with Gasteiger partial charge < -0.3 is 39.2 Å². The lowest BCUT2D eigenvalue weighted by Gasteiger charge is -2.40. The number of pyridine rings is 1. The zero-order valence-electron chi connectivity index (χ0n) is 31.2. The molecule has 2 aliphatic rings. The zero-order valence-corrected chi connectivity index (χ0v) is 31.2. The normalized spacial score (nSPS) is 16.5. The summed E-state index contributed by atoms with van der Waals surface area (Å²) in [6.45, 7) is 4.56. The van der Waals surface area contributed by atoms with Crippen molar-refractivity contribution in [1.29, 1.82) is 0 Å². The highest BCUT2D eigenvalue weighted by atomic mass is 16.6. The average Bonchev–Trinajstić information content (AvgIpc) is 3.71. The van der Waals surface area contributed by atoms with Gasteiger partial charge in [-0.25, -0.2) is 9.78 Å². The molecule has 1 amide bonds. The summed E-state index contributed by atoms with van der Waals surface area (Å²) in [7, 11) is 3.46. The summed E-state index contributed by atoms with van der Waals surface area (Å²) >= 11 is 0. The number of methoxy groups -OCH3 is 1. The number of piperidine rings is 1. The Morgan fingerprint density at radius 2 is 1.76 bits per heavy atom. The molecule has 2 aromatic heterocycles. The van der Waals surface area contributed by atoms with Gasteiger partial charge in [-0.2, -0.15) is 5.10 Å². The Kier molecular flexibility index (Phi) is 13.8. The molecule has 0 saturated carbocycles. The number of carbonyl (C=O) groups excluding carboxylic acids is 2. The molecule has 288 valence electrons. The van der Waals surface area contributed by atoms with Crippen LogP contribution in [-0.4, -0.2) is 104 Å². The smallest absolute Gasteiger partial charge is 0.331 e. The van der Waals surface area contributed by atoms with Crippen LogP contribution in [-0.2, 0) is 24.5 Å². The van der Waals surface area contributed by atoms with Gasteiger partial charge in [0.2, 0.25) is 0 Å². The number of H-pyrrole nitrogens is 1. The molecule has 4 heterocycles. The third-order valence-corrected chi connectivity index (χ3v) is 9.78. The summed E-state index contributed by atoms with van der Waals surface area (Å²) in [5.74, 6) is 2.37. The number of hydrogen-bond acceptors (Lipinski definition) is 12. The molecule has 0 spiro atoms. The van der Waals surface area contributed by atoms with Crippen LogP contribution in [0.25, 0.3) is 11.4 Å². The molecule has 4 aromatic rings. The number of aromatic amines is 1. The number of benzene rings is 2. The maximum absolute atomic E-state index is 13.7. The number of carbonyl (C=O) groups is 2. The largest absolute Gasteiger partial charge is 0.494 e. The molecule has 0 bridgehead atoms. The van der Waals surface area contributed by atoms with E-state index in [1.54, 1.807) is 12.4 Å². The highest BCUT2D eigenvalue weighted by molar-refractivity contribution is 5.95. The van der Waals surface area contributed by atoms with E-state index in [1.807, 2.05) is 54.6 Å². The molecule has 0 radical (unpaired) electrons. The van der Waals surface area contributed by atoms with Gasteiger partial charge in [0.1, 0.15) is 18.1 Å². The van der Waals surface area contributed by atoms with Crippen molar-refractivity contribution >= 4 is 17.6 Å². The van der Waals surface area contributed by atoms with E-state index >= 15 is 0 Å². The number of hydrogen-bond donors (Lipinski definition) is 3. The van der Waals surface area contributed by atoms with E-state index in [9.17, 15) is 9.59 Å². The van der Waals surface area contributed by atoms with Crippen LogP contribution < -0.4 is 20.1 Å². The molecular formula is C40H51N7O7. The molecule has 1 unspecified atom stereocenters. The van der Waals surface area contributed by atoms with Gasteiger partial charge in [-0.15, -0.1) is 0 Å². The van der Waals surface area contributed by atoms with E-state index < -0.39 is 5.54 Å². The lowest BCUT2D eigenvalue weighted by Crippen LogP contribution is -2.46. The second-order valence-electron chi connectivity index (χ2n) is 13.7. The van der Waals surface area contributed by atoms with E-state index in [4.69, 9.17) is 23.9 Å². The monoisotopic (exact) mass is 741 g/mol. The van der Waals surface area contributed by atoms with Crippen molar-refractivity contribution in [1.82, 2.24) is 30.4 Å². The van der Waals surface area contributed by atoms with Crippen molar-refractivity contribution in [2.24, 2.45) is 0 Å². The van der Waals surface area contributed by atoms with Crippen molar-refractivity contribution in [2.45, 2.75) is 56.5 Å². The Bertz CT molecular complexity index is 1800. The molecular weight excluding hydrogens is 690 g/mol. The van der Waals surface area contributed by atoms with Gasteiger partial charge in [0.15, 0.2) is 11.6 Å². The number of ether oxygens (including phenoxy) is 5. The molecule has 1 saturated heterocycles. The van der Waals surface area contributed by atoms with Crippen LogP contribution in [0.3, 0.4) is 0 Å². The Morgan fingerprint density at radius 1 is 0.963 bits per heavy atom. The maximum Gasteiger partial charge on any atom is 0.331 e. The molecule has 2 aliphatic heterocycles. The minimum Gasteiger partial charge on any atom is -0.494 e. The predicted molar refractivity (Wildman–Crippen MR) is 202 cm³/mol. The fourth-order valence-corrected chi connectivity index (χ4v) is 6.65. The second-order valence-corrected chi connectivity index (χ2v) is 13.7. The Balaban J connectivity index is 1.00. The highest BCUT2D eigenvalue weighted by Crippen LogP contribution is 2.37. The lowest BCUT2D eigenvalue weighted by molar-refractivity contribution is -0.146. The van der Waals surface area contributed by atoms with E-state index in [2.05, 4.69) is 42.5 Å². The van der Waals surface area contributed by atoms with Crippen LogP contribution in [0.2, 0.25) is 0 Å². The number of rotatable bonds is 19. The number of esters is 1. The van der Waals surface area contributed by atoms with Crippen molar-refractivity contribution in [3.63, 3.8) is 0 Å². The predicted octanol–water partition coefficient (Wildman–Crippen LogP) is 5.30. The minimum atomic E-state index is -0.478. The number of fused-ring (bicyclic) bond motifs is 1. The first-order valence-corrected chi connectivity index (χ1v) is 18.8. The van der Waals surface area contributed by atoms with Gasteiger partial charge in [0.25, 0.3) is 5.91 Å². The number of likely N-dealkylation sites (tertiary alicyclic amines) is 1. The Labute approximate surface area is 316 Å². The maximum atomic E-state index is 13.7. The molecule has 14 nitrogen and oxygen atoms in total. The number of nitrogens with one attached hydrogen (secondary N) is 3. The third kappa shape index (κ3) is 10.5. The van der Waals surface area contributed by atoms with Crippen LogP contribution in [0, 0.1) is 0 Å². The number of amides is 1. The van der Waals surface area contributed by atoms with Crippen molar-refractivity contribution < 1.29 is 33.3 Å². The molecule has 1 atom stereocenters. The van der Waals surface area contributed by atoms with Crippen LogP contribution >= 0.6 is 0 Å². The van der Waals surface area contributed by atoms with Gasteiger partial charge in [-0.1, -0.05) is 6.07 Å². The third-order valence-electron chi connectivity index (χ3n) is 9.78. The Hall–Kier alpha value is -5.05. The van der Waals surface area contributed by atoms with Crippen LogP contribution in [0.15, 0.2) is 67.0 Å². The summed E-state index contributed by atoms with van der Waals surface area (Å²) in [6, 6.07) is 17.0. The van der Waals surface area contributed by atoms with Crippen LogP contribution in [0.5, 0.6) is 11.5 Å². The molecule has 1 fully saturated rings. The number of anilines is 1. The quantitative estimate of drug-likeness (QED) is 0.0842.